The van der Waals surface area contributed by atoms with Gasteiger partial charge >= 0.3 is 5.97 Å². The molecule has 0 spiro atoms. The van der Waals surface area contributed by atoms with Gasteiger partial charge in [-0.25, -0.2) is 4.79 Å². The third-order valence-corrected chi connectivity index (χ3v) is 4.66. The Labute approximate surface area is 167 Å². The van der Waals surface area contributed by atoms with Crippen molar-refractivity contribution in [3.8, 4) is 0 Å². The van der Waals surface area contributed by atoms with Crippen LogP contribution in [0.1, 0.15) is 23.2 Å². The van der Waals surface area contributed by atoms with E-state index in [-0.39, 0.29) is 16.9 Å². The Kier molecular flexibility index (Phi) is 6.28. The summed E-state index contributed by atoms with van der Waals surface area (Å²) >= 11 is 0. The summed E-state index contributed by atoms with van der Waals surface area (Å²) in [6.07, 6.45) is 2.37. The number of esters is 1. The minimum atomic E-state index is -0.810. The smallest absolute Gasteiger partial charge is 0.338 e. The van der Waals surface area contributed by atoms with Crippen molar-refractivity contribution in [1.82, 2.24) is 0 Å². The van der Waals surface area contributed by atoms with Gasteiger partial charge in [0.2, 0.25) is 0 Å². The van der Waals surface area contributed by atoms with Gasteiger partial charge < -0.3 is 20.3 Å². The molecular formula is C20H22N4O5. The Bertz CT molecular complexity index is 908. The third kappa shape index (κ3) is 5.01. The maximum absolute atomic E-state index is 12.1. The van der Waals surface area contributed by atoms with E-state index < -0.39 is 23.4 Å². The average Bonchev–Trinajstić information content (AvgIpc) is 3.27. The fourth-order valence-corrected chi connectivity index (χ4v) is 3.16. The number of hydrogen-bond acceptors (Lipinski definition) is 7. The van der Waals surface area contributed by atoms with Crippen LogP contribution in [-0.2, 0) is 9.53 Å². The predicted octanol–water partition coefficient (Wildman–Crippen LogP) is 3.03. The van der Waals surface area contributed by atoms with Gasteiger partial charge in [-0.15, -0.1) is 0 Å². The Hall–Kier alpha value is -3.62. The van der Waals surface area contributed by atoms with E-state index >= 15 is 0 Å². The molecule has 0 saturated carbocycles. The van der Waals surface area contributed by atoms with Crippen molar-refractivity contribution < 1.29 is 19.2 Å². The summed E-state index contributed by atoms with van der Waals surface area (Å²) in [5.41, 5.74) is 1.74. The molecular weight excluding hydrogens is 376 g/mol. The molecule has 1 aliphatic rings. The molecule has 9 nitrogen and oxygen atoms in total. The highest BCUT2D eigenvalue weighted by atomic mass is 16.6. The van der Waals surface area contributed by atoms with Gasteiger partial charge in [0, 0.05) is 37.6 Å². The van der Waals surface area contributed by atoms with Crippen LogP contribution >= 0.6 is 0 Å². The number of nitrogens with zero attached hydrogens (tertiary/aromatic N) is 2. The topological polar surface area (TPSA) is 114 Å². The molecule has 152 valence electrons. The maximum Gasteiger partial charge on any atom is 0.338 e. The zero-order valence-corrected chi connectivity index (χ0v) is 16.0. The van der Waals surface area contributed by atoms with E-state index in [1.807, 2.05) is 12.1 Å². The van der Waals surface area contributed by atoms with Crippen molar-refractivity contribution in [2.75, 3.05) is 42.3 Å². The van der Waals surface area contributed by atoms with Crippen molar-refractivity contribution in [3.05, 3.63) is 58.1 Å². The molecule has 0 aromatic heterocycles. The van der Waals surface area contributed by atoms with Crippen molar-refractivity contribution >= 4 is 34.6 Å². The van der Waals surface area contributed by atoms with Crippen LogP contribution < -0.4 is 15.5 Å². The van der Waals surface area contributed by atoms with Crippen LogP contribution in [0.15, 0.2) is 42.5 Å². The number of carbonyl (C=O) groups is 2. The molecule has 3 rings (SSSR count). The van der Waals surface area contributed by atoms with Crippen LogP contribution in [0.25, 0.3) is 0 Å². The largest absolute Gasteiger partial charge is 0.452 e. The fraction of sp³-hybridized carbons (Fsp3) is 0.300. The van der Waals surface area contributed by atoms with Crippen molar-refractivity contribution in [2.24, 2.45) is 0 Å². The Morgan fingerprint density at radius 2 is 1.83 bits per heavy atom. The highest BCUT2D eigenvalue weighted by Gasteiger charge is 2.18. The van der Waals surface area contributed by atoms with Gasteiger partial charge in [-0.2, -0.15) is 0 Å². The van der Waals surface area contributed by atoms with Gasteiger partial charge in [0.15, 0.2) is 6.61 Å². The number of nitro groups is 1. The van der Waals surface area contributed by atoms with Crippen LogP contribution in [0.2, 0.25) is 0 Å². The lowest BCUT2D eigenvalue weighted by molar-refractivity contribution is -0.384. The zero-order chi connectivity index (χ0) is 20.8. The van der Waals surface area contributed by atoms with Crippen LogP contribution in [-0.4, -0.2) is 43.5 Å². The molecule has 1 amide bonds. The molecule has 9 heteroatoms. The summed E-state index contributed by atoms with van der Waals surface area (Å²) in [6, 6.07) is 11.4. The minimum absolute atomic E-state index is 0.00142. The van der Waals surface area contributed by atoms with E-state index in [4.69, 9.17) is 4.74 Å². The first-order valence-corrected chi connectivity index (χ1v) is 9.26. The minimum Gasteiger partial charge on any atom is -0.452 e. The number of nitrogens with one attached hydrogen (secondary N) is 2. The van der Waals surface area contributed by atoms with Gasteiger partial charge in [0.05, 0.1) is 10.5 Å². The Morgan fingerprint density at radius 3 is 2.45 bits per heavy atom. The number of benzene rings is 2. The van der Waals surface area contributed by atoms with Gasteiger partial charge in [-0.3, -0.25) is 14.9 Å². The van der Waals surface area contributed by atoms with Gasteiger partial charge in [0.25, 0.3) is 11.6 Å². The van der Waals surface area contributed by atoms with Crippen molar-refractivity contribution in [1.29, 1.82) is 0 Å². The summed E-state index contributed by atoms with van der Waals surface area (Å²) in [5.74, 6) is -1.30. The van der Waals surface area contributed by atoms with Gasteiger partial charge in [0.1, 0.15) is 5.69 Å². The number of anilines is 3. The van der Waals surface area contributed by atoms with Crippen LogP contribution in [0.4, 0.5) is 22.7 Å². The second-order valence-electron chi connectivity index (χ2n) is 6.60. The predicted molar refractivity (Wildman–Crippen MR) is 109 cm³/mol. The van der Waals surface area contributed by atoms with E-state index in [1.54, 1.807) is 19.2 Å². The number of carbonyl (C=O) groups excluding carboxylic acids is 2. The zero-order valence-electron chi connectivity index (χ0n) is 16.0. The standard InChI is InChI=1S/C20H22N4O5/c1-21-17-9-4-14(12-18(17)24(27)28)20(26)29-13-19(25)22-15-5-7-16(8-6-15)23-10-2-3-11-23/h4-9,12,21H,2-3,10-11,13H2,1H3,(H,22,25). The molecule has 0 atom stereocenters. The SMILES string of the molecule is CNc1ccc(C(=O)OCC(=O)Nc2ccc(N3CCCC3)cc2)cc1[N+](=O)[O-]. The molecule has 0 radical (unpaired) electrons. The monoisotopic (exact) mass is 398 g/mol. The van der Waals surface area contributed by atoms with Crippen LogP contribution in [0, 0.1) is 10.1 Å². The lowest BCUT2D eigenvalue weighted by atomic mass is 10.1. The van der Waals surface area contributed by atoms with Gasteiger partial charge in [-0.05, 0) is 49.2 Å². The third-order valence-electron chi connectivity index (χ3n) is 4.66. The second-order valence-corrected chi connectivity index (χ2v) is 6.60. The van der Waals surface area contributed by atoms with Crippen molar-refractivity contribution in [3.63, 3.8) is 0 Å². The molecule has 1 fully saturated rings. The first-order chi connectivity index (χ1) is 14.0. The Balaban J connectivity index is 1.54. The molecule has 0 bridgehead atoms. The number of amides is 1. The Morgan fingerprint density at radius 1 is 1.14 bits per heavy atom. The number of rotatable bonds is 7. The van der Waals surface area contributed by atoms with E-state index in [0.29, 0.717) is 5.69 Å². The molecule has 2 aromatic rings. The van der Waals surface area contributed by atoms with E-state index in [2.05, 4.69) is 15.5 Å². The summed E-state index contributed by atoms with van der Waals surface area (Å²) in [4.78, 5) is 36.9. The fourth-order valence-electron chi connectivity index (χ4n) is 3.16. The molecule has 1 heterocycles. The molecule has 1 saturated heterocycles. The summed E-state index contributed by atoms with van der Waals surface area (Å²) < 4.78 is 4.97. The van der Waals surface area contributed by atoms with E-state index in [1.165, 1.54) is 25.0 Å². The van der Waals surface area contributed by atoms with Crippen LogP contribution in [0.3, 0.4) is 0 Å². The first-order valence-electron chi connectivity index (χ1n) is 9.26. The number of nitro benzene ring substituents is 1. The summed E-state index contributed by atoms with van der Waals surface area (Å²) in [6.45, 7) is 1.58. The maximum atomic E-state index is 12.1. The molecule has 2 aromatic carbocycles. The molecule has 0 aliphatic carbocycles. The summed E-state index contributed by atoms with van der Waals surface area (Å²) in [7, 11) is 1.54. The lowest BCUT2D eigenvalue weighted by Gasteiger charge is -2.17. The molecule has 2 N–H and O–H groups in total. The average molecular weight is 398 g/mol. The second kappa shape index (κ2) is 9.05. The highest BCUT2D eigenvalue weighted by molar-refractivity contribution is 5.96. The van der Waals surface area contributed by atoms with Gasteiger partial charge in [-0.1, -0.05) is 0 Å². The van der Waals surface area contributed by atoms with E-state index in [9.17, 15) is 19.7 Å². The first kappa shape index (κ1) is 20.1. The lowest BCUT2D eigenvalue weighted by Crippen LogP contribution is -2.21. The quantitative estimate of drug-likeness (QED) is 0.419. The highest BCUT2D eigenvalue weighted by Crippen LogP contribution is 2.25. The molecule has 29 heavy (non-hydrogen) atoms. The number of hydrogen-bond donors (Lipinski definition) is 2. The van der Waals surface area contributed by atoms with Crippen molar-refractivity contribution in [2.45, 2.75) is 12.8 Å². The molecule has 1 aliphatic heterocycles. The summed E-state index contributed by atoms with van der Waals surface area (Å²) in [5, 5.41) is 16.4. The number of ether oxygens (including phenoxy) is 1. The van der Waals surface area contributed by atoms with E-state index in [0.717, 1.165) is 24.8 Å². The molecule has 0 unspecified atom stereocenters. The van der Waals surface area contributed by atoms with Crippen LogP contribution in [0.5, 0.6) is 0 Å². The normalized spacial score (nSPS) is 13.1.